The molecule has 0 saturated carbocycles. The maximum absolute atomic E-state index is 6.12. The molecule has 0 fully saturated rings. The Morgan fingerprint density at radius 2 is 1.67 bits per heavy atom. The number of rotatable bonds is 5. The summed E-state index contributed by atoms with van der Waals surface area (Å²) in [7, 11) is -3.37. The molecule has 0 bridgehead atoms. The van der Waals surface area contributed by atoms with Crippen LogP contribution in [0.25, 0.3) is 0 Å². The van der Waals surface area contributed by atoms with E-state index in [-0.39, 0.29) is 0 Å². The Kier molecular flexibility index (Phi) is 5.41. The summed E-state index contributed by atoms with van der Waals surface area (Å²) in [6.07, 6.45) is 1.04. The highest BCUT2D eigenvalue weighted by molar-refractivity contribution is 7.17. The number of hydrogen-bond acceptors (Lipinski definition) is 1. The normalized spacial score (nSPS) is 13.5. The van der Waals surface area contributed by atoms with Crippen molar-refractivity contribution in [2.75, 3.05) is 5.88 Å². The molecule has 0 aliphatic carbocycles. The van der Waals surface area contributed by atoms with E-state index in [0.717, 1.165) is 18.3 Å². The van der Waals surface area contributed by atoms with Gasteiger partial charge in [0.2, 0.25) is 0 Å². The predicted octanol–water partition coefficient (Wildman–Crippen LogP) is 3.78. The fourth-order valence-electron chi connectivity index (χ4n) is 1.20. The first-order chi connectivity index (χ1) is 5.27. The Morgan fingerprint density at radius 1 is 1.17 bits per heavy atom. The Morgan fingerprint density at radius 3 is 2.00 bits per heavy atom. The third-order valence-corrected chi connectivity index (χ3v) is 8.10. The third kappa shape index (κ3) is 7.61. The van der Waals surface area contributed by atoms with Crippen LogP contribution in [0.3, 0.4) is 0 Å². The molecule has 0 atom stereocenters. The number of halogens is 2. The molecule has 0 amide bonds. The van der Waals surface area contributed by atoms with Crippen molar-refractivity contribution in [2.45, 2.75) is 38.7 Å². The van der Waals surface area contributed by atoms with E-state index < -0.39 is 15.9 Å². The average Bonchev–Trinajstić information content (AvgIpc) is 1.78. The molecule has 0 aromatic carbocycles. The Labute approximate surface area is 87.4 Å². The first kappa shape index (κ1) is 13.0. The highest BCUT2D eigenvalue weighted by Gasteiger charge is 2.30. The number of hydrogen-bond donors (Lipinski definition) is 0. The average molecular weight is 245 g/mol. The molecule has 0 saturated heterocycles. The Balaban J connectivity index is 3.86. The SMILES string of the molecule is C[Si](C)(Cl)O[Si](C)(C)CCCCl. The molecule has 0 aliphatic heterocycles. The van der Waals surface area contributed by atoms with E-state index >= 15 is 0 Å². The maximum Gasteiger partial charge on any atom is 0.274 e. The van der Waals surface area contributed by atoms with Crippen LogP contribution >= 0.6 is 22.7 Å². The van der Waals surface area contributed by atoms with Gasteiger partial charge in [0.25, 0.3) is 7.63 Å². The van der Waals surface area contributed by atoms with E-state index in [9.17, 15) is 0 Å². The van der Waals surface area contributed by atoms with Crippen LogP contribution in [0.4, 0.5) is 0 Å². The van der Waals surface area contributed by atoms with Gasteiger partial charge in [-0.3, -0.25) is 0 Å². The molecule has 0 aromatic rings. The quantitative estimate of drug-likeness (QED) is 0.407. The zero-order chi connectivity index (χ0) is 9.83. The second kappa shape index (κ2) is 5.00. The topological polar surface area (TPSA) is 9.23 Å². The van der Waals surface area contributed by atoms with Crippen molar-refractivity contribution in [2.24, 2.45) is 0 Å². The zero-order valence-corrected chi connectivity index (χ0v) is 11.8. The van der Waals surface area contributed by atoms with Crippen molar-refractivity contribution in [3.63, 3.8) is 0 Å². The largest absolute Gasteiger partial charge is 0.445 e. The summed E-state index contributed by atoms with van der Waals surface area (Å²) in [5.41, 5.74) is 0. The van der Waals surface area contributed by atoms with Crippen molar-refractivity contribution in [3.8, 4) is 0 Å². The van der Waals surface area contributed by atoms with Crippen molar-refractivity contribution in [1.82, 2.24) is 0 Å². The molecular formula is C7H18Cl2OSi2. The number of alkyl halides is 1. The molecule has 0 unspecified atom stereocenters. The lowest BCUT2D eigenvalue weighted by molar-refractivity contribution is 0.560. The van der Waals surface area contributed by atoms with E-state index in [1.54, 1.807) is 0 Å². The van der Waals surface area contributed by atoms with Crippen LogP contribution in [0.15, 0.2) is 0 Å². The molecular weight excluding hydrogens is 227 g/mol. The lowest BCUT2D eigenvalue weighted by Gasteiger charge is -2.29. The summed E-state index contributed by atoms with van der Waals surface area (Å²) in [5, 5.41) is 0. The molecule has 0 aliphatic rings. The molecule has 12 heavy (non-hydrogen) atoms. The van der Waals surface area contributed by atoms with Gasteiger partial charge in [-0.05, 0) is 38.7 Å². The van der Waals surface area contributed by atoms with Crippen molar-refractivity contribution in [1.29, 1.82) is 0 Å². The lowest BCUT2D eigenvalue weighted by Crippen LogP contribution is -2.40. The summed E-state index contributed by atoms with van der Waals surface area (Å²) in [4.78, 5) is 0. The summed E-state index contributed by atoms with van der Waals surface area (Å²) in [5.74, 6) is 0.726. The lowest BCUT2D eigenvalue weighted by atomic mass is 10.6. The van der Waals surface area contributed by atoms with E-state index in [2.05, 4.69) is 13.1 Å². The van der Waals surface area contributed by atoms with Crippen molar-refractivity contribution in [3.05, 3.63) is 0 Å². The second-order valence-electron chi connectivity index (χ2n) is 4.02. The minimum atomic E-state index is -1.85. The van der Waals surface area contributed by atoms with Gasteiger partial charge in [-0.15, -0.1) is 22.7 Å². The van der Waals surface area contributed by atoms with E-state index in [1.807, 2.05) is 13.1 Å². The molecule has 74 valence electrons. The molecule has 0 aromatic heterocycles. The van der Waals surface area contributed by atoms with Crippen LogP contribution in [-0.4, -0.2) is 21.8 Å². The molecule has 5 heteroatoms. The minimum Gasteiger partial charge on any atom is -0.445 e. The van der Waals surface area contributed by atoms with Gasteiger partial charge in [0, 0.05) is 5.88 Å². The molecule has 0 spiro atoms. The second-order valence-corrected chi connectivity index (χ2v) is 14.7. The molecule has 0 rings (SSSR count). The molecule has 1 nitrogen and oxygen atoms in total. The predicted molar refractivity (Wildman–Crippen MR) is 62.0 cm³/mol. The van der Waals surface area contributed by atoms with Crippen LogP contribution in [0, 0.1) is 0 Å². The maximum atomic E-state index is 6.12. The highest BCUT2D eigenvalue weighted by Crippen LogP contribution is 2.22. The van der Waals surface area contributed by atoms with Crippen LogP contribution in [-0.2, 0) is 4.12 Å². The van der Waals surface area contributed by atoms with Gasteiger partial charge < -0.3 is 4.12 Å². The van der Waals surface area contributed by atoms with Crippen LogP contribution < -0.4 is 0 Å². The van der Waals surface area contributed by atoms with Gasteiger partial charge in [0.05, 0.1) is 0 Å². The van der Waals surface area contributed by atoms with Gasteiger partial charge in [0.1, 0.15) is 0 Å². The monoisotopic (exact) mass is 244 g/mol. The smallest absolute Gasteiger partial charge is 0.274 e. The van der Waals surface area contributed by atoms with Gasteiger partial charge in [-0.25, -0.2) is 0 Å². The van der Waals surface area contributed by atoms with E-state index in [4.69, 9.17) is 26.8 Å². The Hall–Kier alpha value is 0.974. The summed E-state index contributed by atoms with van der Waals surface area (Å²) < 4.78 is 5.91. The fourth-order valence-corrected chi connectivity index (χ4v) is 10.1. The summed E-state index contributed by atoms with van der Waals surface area (Å²) >= 11 is 11.7. The van der Waals surface area contributed by atoms with Gasteiger partial charge in [-0.2, -0.15) is 0 Å². The summed E-state index contributed by atoms with van der Waals surface area (Å²) in [6, 6.07) is 1.11. The van der Waals surface area contributed by atoms with E-state index in [1.165, 1.54) is 0 Å². The first-order valence-corrected chi connectivity index (χ1v) is 11.8. The zero-order valence-electron chi connectivity index (χ0n) is 8.29. The van der Waals surface area contributed by atoms with Crippen LogP contribution in [0.2, 0.25) is 32.2 Å². The molecule has 0 heterocycles. The third-order valence-electron chi connectivity index (χ3n) is 1.43. The van der Waals surface area contributed by atoms with Crippen LogP contribution in [0.1, 0.15) is 6.42 Å². The van der Waals surface area contributed by atoms with Gasteiger partial charge in [0.15, 0.2) is 8.32 Å². The van der Waals surface area contributed by atoms with Gasteiger partial charge in [-0.1, -0.05) is 0 Å². The van der Waals surface area contributed by atoms with Gasteiger partial charge >= 0.3 is 0 Å². The molecule has 0 radical (unpaired) electrons. The van der Waals surface area contributed by atoms with E-state index in [0.29, 0.717) is 0 Å². The van der Waals surface area contributed by atoms with Crippen molar-refractivity contribution < 1.29 is 4.12 Å². The standard InChI is InChI=1S/C7H18Cl2OSi2/c1-11(2,7-5-6-8)10-12(3,4)9/h5-7H2,1-4H3. The van der Waals surface area contributed by atoms with Crippen LogP contribution in [0.5, 0.6) is 0 Å². The fraction of sp³-hybridized carbons (Fsp3) is 1.00. The summed E-state index contributed by atoms with van der Waals surface area (Å²) in [6.45, 7) is 8.45. The highest BCUT2D eigenvalue weighted by atomic mass is 35.6. The van der Waals surface area contributed by atoms with Crippen molar-refractivity contribution >= 4 is 38.6 Å². The molecule has 0 N–H and O–H groups in total. The Bertz CT molecular complexity index is 134. The minimum absolute atomic E-state index is 0.726. The first-order valence-electron chi connectivity index (χ1n) is 4.22.